The fourth-order valence-corrected chi connectivity index (χ4v) is 5.26. The molecule has 0 radical (unpaired) electrons. The van der Waals surface area contributed by atoms with Crippen molar-refractivity contribution in [3.05, 3.63) is 90.0 Å². The van der Waals surface area contributed by atoms with Gasteiger partial charge < -0.3 is 15.6 Å². The summed E-state index contributed by atoms with van der Waals surface area (Å²) in [5.74, 6) is -1.18. The third-order valence-corrected chi connectivity index (χ3v) is 7.22. The highest BCUT2D eigenvalue weighted by Gasteiger charge is 2.53. The summed E-state index contributed by atoms with van der Waals surface area (Å²) < 4.78 is 47.2. The first-order chi connectivity index (χ1) is 15.7. The van der Waals surface area contributed by atoms with E-state index in [9.17, 15) is 17.6 Å². The number of aromatic nitrogens is 1. The van der Waals surface area contributed by atoms with Crippen molar-refractivity contribution >= 4 is 16.0 Å². The van der Waals surface area contributed by atoms with E-state index < -0.39 is 33.5 Å². The van der Waals surface area contributed by atoms with Crippen molar-refractivity contribution in [1.29, 1.82) is 0 Å². The van der Waals surface area contributed by atoms with Crippen molar-refractivity contribution in [1.82, 2.24) is 9.29 Å². The first-order valence-corrected chi connectivity index (χ1v) is 11.6. The zero-order chi connectivity index (χ0) is 23.6. The van der Waals surface area contributed by atoms with Crippen molar-refractivity contribution in [2.45, 2.75) is 23.0 Å². The molecule has 3 aromatic rings. The van der Waals surface area contributed by atoms with Gasteiger partial charge in [-0.3, -0.25) is 9.78 Å². The number of ether oxygens (including phenoxy) is 1. The van der Waals surface area contributed by atoms with E-state index >= 15 is 0 Å². The number of carbonyl (C=O) groups is 1. The summed E-state index contributed by atoms with van der Waals surface area (Å²) in [6, 6.07) is 15.7. The van der Waals surface area contributed by atoms with E-state index in [1.807, 2.05) is 0 Å². The smallest absolute Gasteiger partial charge is 0.320 e. The molecule has 0 bridgehead atoms. The van der Waals surface area contributed by atoms with Gasteiger partial charge in [-0.2, -0.15) is 4.31 Å². The Morgan fingerprint density at radius 1 is 1.15 bits per heavy atom. The second-order valence-electron chi connectivity index (χ2n) is 7.83. The van der Waals surface area contributed by atoms with Crippen LogP contribution in [-0.2, 0) is 26.8 Å². The first kappa shape index (κ1) is 22.8. The van der Waals surface area contributed by atoms with Gasteiger partial charge in [-0.25, -0.2) is 12.8 Å². The van der Waals surface area contributed by atoms with Crippen molar-refractivity contribution in [3.63, 3.8) is 0 Å². The molecule has 0 aliphatic carbocycles. The number of hydrogen-bond donors (Lipinski definition) is 2. The number of aliphatic carboxylic acids is 1. The highest BCUT2D eigenvalue weighted by molar-refractivity contribution is 7.89. The fraction of sp³-hybridized carbons (Fsp3) is 0.217. The number of sulfonamides is 1. The molecule has 1 atom stereocenters. The van der Waals surface area contributed by atoms with Gasteiger partial charge in [0.05, 0.1) is 23.7 Å². The number of rotatable bonds is 8. The zero-order valence-corrected chi connectivity index (χ0v) is 18.3. The van der Waals surface area contributed by atoms with Gasteiger partial charge in [-0.05, 0) is 60.5 Å². The molecule has 172 valence electrons. The molecule has 2 heterocycles. The van der Waals surface area contributed by atoms with E-state index in [4.69, 9.17) is 15.6 Å². The minimum Gasteiger partial charge on any atom is -0.480 e. The molecular weight excluding hydrogens is 449 g/mol. The maximum absolute atomic E-state index is 13.3. The van der Waals surface area contributed by atoms with Gasteiger partial charge in [0.2, 0.25) is 10.0 Å². The van der Waals surface area contributed by atoms with Crippen LogP contribution in [0.3, 0.4) is 0 Å². The summed E-state index contributed by atoms with van der Waals surface area (Å²) in [5.41, 5.74) is 5.61. The molecule has 8 nitrogen and oxygen atoms in total. The molecule has 1 aromatic heterocycles. The highest BCUT2D eigenvalue weighted by atomic mass is 32.2. The topological polar surface area (TPSA) is 123 Å². The molecule has 4 rings (SSSR count). The van der Waals surface area contributed by atoms with Crippen LogP contribution in [0.1, 0.15) is 11.3 Å². The predicted octanol–water partition coefficient (Wildman–Crippen LogP) is 2.15. The zero-order valence-electron chi connectivity index (χ0n) is 17.5. The summed E-state index contributed by atoms with van der Waals surface area (Å²) in [5, 5.41) is 9.02. The van der Waals surface area contributed by atoms with Crippen LogP contribution in [0, 0.1) is 5.82 Å². The maximum atomic E-state index is 13.3. The number of carboxylic acids is 1. The largest absolute Gasteiger partial charge is 0.480 e. The molecule has 1 saturated heterocycles. The monoisotopic (exact) mass is 471 g/mol. The van der Waals surface area contributed by atoms with Gasteiger partial charge in [0, 0.05) is 6.20 Å². The lowest BCUT2D eigenvalue weighted by molar-refractivity contribution is -0.138. The Hall–Kier alpha value is -3.34. The average Bonchev–Trinajstić information content (AvgIpc) is 2.78. The molecule has 0 unspecified atom stereocenters. The second-order valence-corrected chi connectivity index (χ2v) is 9.77. The summed E-state index contributed by atoms with van der Waals surface area (Å²) in [6.45, 7) is 0.00514. The van der Waals surface area contributed by atoms with Crippen molar-refractivity contribution in [3.8, 4) is 5.75 Å². The lowest BCUT2D eigenvalue weighted by Crippen LogP contribution is -2.64. The Balaban J connectivity index is 1.58. The van der Waals surface area contributed by atoms with Crippen LogP contribution in [-0.4, -0.2) is 47.9 Å². The average molecular weight is 472 g/mol. The van der Waals surface area contributed by atoms with Crippen LogP contribution in [0.5, 0.6) is 5.75 Å². The normalized spacial score (nSPS) is 16.5. The van der Waals surface area contributed by atoms with Gasteiger partial charge >= 0.3 is 5.97 Å². The van der Waals surface area contributed by atoms with Gasteiger partial charge in [-0.15, -0.1) is 0 Å². The molecule has 10 heteroatoms. The molecule has 1 fully saturated rings. The molecular formula is C23H22FN3O5S. The van der Waals surface area contributed by atoms with Crippen molar-refractivity contribution in [2.75, 3.05) is 13.1 Å². The van der Waals surface area contributed by atoms with Gasteiger partial charge in [-0.1, -0.05) is 18.2 Å². The van der Waals surface area contributed by atoms with E-state index in [0.717, 1.165) is 0 Å². The third-order valence-electron chi connectivity index (χ3n) is 5.43. The Morgan fingerprint density at radius 2 is 1.88 bits per heavy atom. The predicted molar refractivity (Wildman–Crippen MR) is 117 cm³/mol. The Kier molecular flexibility index (Phi) is 6.15. The van der Waals surface area contributed by atoms with Crippen LogP contribution in [0.2, 0.25) is 0 Å². The van der Waals surface area contributed by atoms with Gasteiger partial charge in [0.1, 0.15) is 17.6 Å². The number of halogens is 1. The van der Waals surface area contributed by atoms with E-state index in [1.165, 1.54) is 40.7 Å². The first-order valence-electron chi connectivity index (χ1n) is 10.1. The Morgan fingerprint density at radius 3 is 2.52 bits per heavy atom. The lowest BCUT2D eigenvalue weighted by Gasteiger charge is -2.48. The molecule has 3 N–H and O–H groups in total. The maximum Gasteiger partial charge on any atom is 0.320 e. The quantitative estimate of drug-likeness (QED) is 0.516. The SMILES string of the molecule is N[C@@H](Cc1cccc(S(=O)(=O)N2CC(Oc3ccc(F)cc3)(c3ccccn3)C2)c1)C(=O)O. The fourth-order valence-electron chi connectivity index (χ4n) is 3.66. The molecule has 0 saturated carbocycles. The molecule has 1 aliphatic heterocycles. The molecule has 1 aliphatic rings. The summed E-state index contributed by atoms with van der Waals surface area (Å²) in [4.78, 5) is 15.4. The van der Waals surface area contributed by atoms with Crippen molar-refractivity contribution < 1.29 is 27.4 Å². The molecule has 0 amide bonds. The van der Waals surface area contributed by atoms with Crippen LogP contribution in [0.25, 0.3) is 0 Å². The number of nitrogens with zero attached hydrogens (tertiary/aromatic N) is 2. The number of hydrogen-bond acceptors (Lipinski definition) is 6. The van der Waals surface area contributed by atoms with Crippen LogP contribution in [0.4, 0.5) is 4.39 Å². The van der Waals surface area contributed by atoms with Crippen LogP contribution >= 0.6 is 0 Å². The summed E-state index contributed by atoms with van der Waals surface area (Å²) in [7, 11) is -3.88. The minimum atomic E-state index is -3.88. The number of carboxylic acid groups (broad SMARTS) is 1. The lowest BCUT2D eigenvalue weighted by atomic mass is 9.92. The Labute approximate surface area is 190 Å². The summed E-state index contributed by atoms with van der Waals surface area (Å²) in [6.07, 6.45) is 1.60. The standard InChI is InChI=1S/C23H22FN3O5S/c24-17-7-9-18(10-8-17)32-23(21-6-1-2-11-26-21)14-27(15-23)33(30,31)19-5-3-4-16(12-19)13-20(25)22(28)29/h1-12,20H,13-15,25H2,(H,28,29)/t20-/m0/s1. The molecule has 33 heavy (non-hydrogen) atoms. The Bertz CT molecular complexity index is 1250. The van der Waals surface area contributed by atoms with E-state index in [0.29, 0.717) is 17.0 Å². The van der Waals surface area contributed by atoms with Crippen molar-refractivity contribution in [2.24, 2.45) is 5.73 Å². The van der Waals surface area contributed by atoms with Gasteiger partial charge in [0.25, 0.3) is 0 Å². The molecule has 0 spiro atoms. The highest BCUT2D eigenvalue weighted by Crippen LogP contribution is 2.39. The minimum absolute atomic E-state index is 0.00257. The van der Waals surface area contributed by atoms with E-state index in [-0.39, 0.29) is 24.4 Å². The number of pyridine rings is 1. The van der Waals surface area contributed by atoms with Crippen LogP contribution in [0.15, 0.2) is 77.8 Å². The summed E-state index contributed by atoms with van der Waals surface area (Å²) >= 11 is 0. The molecule has 2 aromatic carbocycles. The van der Waals surface area contributed by atoms with Crippen LogP contribution < -0.4 is 10.5 Å². The second kappa shape index (κ2) is 8.89. The number of benzene rings is 2. The van der Waals surface area contributed by atoms with Gasteiger partial charge in [0.15, 0.2) is 5.60 Å². The van der Waals surface area contributed by atoms with E-state index in [1.54, 1.807) is 36.5 Å². The third kappa shape index (κ3) is 4.72. The number of nitrogens with two attached hydrogens (primary N) is 1. The van der Waals surface area contributed by atoms with E-state index in [2.05, 4.69) is 4.98 Å².